The standard InChI is InChI=1S/C9H9BrO2/c10-7-3-1-6(2-4-7)9-8(5-11)12-9/h1-4,8-9,11H,5H2/t8-,9-/m1/s1. The van der Waals surface area contributed by atoms with E-state index in [9.17, 15) is 0 Å². The van der Waals surface area contributed by atoms with E-state index in [0.717, 1.165) is 10.0 Å². The Kier molecular flexibility index (Phi) is 2.17. The highest BCUT2D eigenvalue weighted by Crippen LogP contribution is 2.38. The number of aliphatic hydroxyl groups is 1. The van der Waals surface area contributed by atoms with Gasteiger partial charge in [0.2, 0.25) is 0 Å². The van der Waals surface area contributed by atoms with Crippen molar-refractivity contribution in [1.82, 2.24) is 0 Å². The maximum Gasteiger partial charge on any atom is 0.112 e. The summed E-state index contributed by atoms with van der Waals surface area (Å²) in [6.45, 7) is 0.112. The molecule has 0 radical (unpaired) electrons. The second-order valence-electron chi connectivity index (χ2n) is 2.83. The van der Waals surface area contributed by atoms with Crippen molar-refractivity contribution < 1.29 is 9.84 Å². The van der Waals surface area contributed by atoms with Crippen LogP contribution >= 0.6 is 15.9 Å². The van der Waals surface area contributed by atoms with Crippen molar-refractivity contribution in [3.05, 3.63) is 34.3 Å². The Morgan fingerprint density at radius 2 is 2.00 bits per heavy atom. The predicted octanol–water partition coefficient (Wildman–Crippen LogP) is 1.88. The van der Waals surface area contributed by atoms with Crippen LogP contribution in [0.2, 0.25) is 0 Å². The van der Waals surface area contributed by atoms with Gasteiger partial charge in [-0.15, -0.1) is 0 Å². The van der Waals surface area contributed by atoms with E-state index in [4.69, 9.17) is 9.84 Å². The van der Waals surface area contributed by atoms with Crippen LogP contribution in [0.4, 0.5) is 0 Å². The van der Waals surface area contributed by atoms with Crippen molar-refractivity contribution in [2.24, 2.45) is 0 Å². The van der Waals surface area contributed by atoms with Crippen molar-refractivity contribution in [3.8, 4) is 0 Å². The molecule has 0 amide bonds. The van der Waals surface area contributed by atoms with Gasteiger partial charge in [-0.2, -0.15) is 0 Å². The lowest BCUT2D eigenvalue weighted by Gasteiger charge is -1.94. The van der Waals surface area contributed by atoms with Crippen LogP contribution in [0.5, 0.6) is 0 Å². The van der Waals surface area contributed by atoms with Gasteiger partial charge in [0.05, 0.1) is 6.61 Å². The average Bonchev–Trinajstić information content (AvgIpc) is 2.85. The zero-order valence-electron chi connectivity index (χ0n) is 6.40. The van der Waals surface area contributed by atoms with Crippen LogP contribution in [0, 0.1) is 0 Å². The third kappa shape index (κ3) is 1.53. The Morgan fingerprint density at radius 3 is 2.50 bits per heavy atom. The summed E-state index contributed by atoms with van der Waals surface area (Å²) in [5.74, 6) is 0. The van der Waals surface area contributed by atoms with E-state index < -0.39 is 0 Å². The first-order chi connectivity index (χ1) is 5.81. The third-order valence-corrected chi connectivity index (χ3v) is 2.49. The van der Waals surface area contributed by atoms with E-state index >= 15 is 0 Å². The van der Waals surface area contributed by atoms with Gasteiger partial charge in [-0.1, -0.05) is 28.1 Å². The molecule has 0 aromatic heterocycles. The SMILES string of the molecule is OC[C@H]1O[C@@H]1c1ccc(Br)cc1. The van der Waals surface area contributed by atoms with E-state index in [1.54, 1.807) is 0 Å². The smallest absolute Gasteiger partial charge is 0.112 e. The second kappa shape index (κ2) is 3.17. The molecule has 3 heteroatoms. The molecule has 64 valence electrons. The van der Waals surface area contributed by atoms with Gasteiger partial charge in [0.25, 0.3) is 0 Å². The number of epoxide rings is 1. The Bertz CT molecular complexity index is 270. The van der Waals surface area contributed by atoms with Crippen molar-refractivity contribution in [3.63, 3.8) is 0 Å². The minimum atomic E-state index is 0.0196. The fourth-order valence-electron chi connectivity index (χ4n) is 1.23. The number of halogens is 1. The van der Waals surface area contributed by atoms with Gasteiger partial charge in [-0.05, 0) is 17.7 Å². The van der Waals surface area contributed by atoms with E-state index in [1.807, 2.05) is 24.3 Å². The van der Waals surface area contributed by atoms with E-state index in [1.165, 1.54) is 0 Å². The molecule has 1 heterocycles. The minimum absolute atomic E-state index is 0.0196. The zero-order chi connectivity index (χ0) is 8.55. The largest absolute Gasteiger partial charge is 0.394 e. The number of rotatable bonds is 2. The van der Waals surface area contributed by atoms with Crippen LogP contribution in [0.3, 0.4) is 0 Å². The molecule has 0 unspecified atom stereocenters. The molecule has 12 heavy (non-hydrogen) atoms. The molecule has 0 bridgehead atoms. The topological polar surface area (TPSA) is 32.8 Å². The molecule has 1 aromatic carbocycles. The van der Waals surface area contributed by atoms with Crippen LogP contribution in [-0.2, 0) is 4.74 Å². The summed E-state index contributed by atoms with van der Waals surface area (Å²) in [6, 6.07) is 7.96. The van der Waals surface area contributed by atoms with Gasteiger partial charge in [-0.3, -0.25) is 0 Å². The first kappa shape index (κ1) is 8.23. The van der Waals surface area contributed by atoms with Crippen LogP contribution in [0.25, 0.3) is 0 Å². The lowest BCUT2D eigenvalue weighted by Crippen LogP contribution is -1.93. The summed E-state index contributed by atoms with van der Waals surface area (Å²) in [6.07, 6.45) is 0.134. The van der Waals surface area contributed by atoms with E-state index in [0.29, 0.717) is 0 Å². The summed E-state index contributed by atoms with van der Waals surface area (Å²) in [5, 5.41) is 8.76. The van der Waals surface area contributed by atoms with Gasteiger partial charge in [0, 0.05) is 4.47 Å². The second-order valence-corrected chi connectivity index (χ2v) is 3.74. The van der Waals surface area contributed by atoms with Crippen molar-refractivity contribution in [2.75, 3.05) is 6.61 Å². The molecule has 0 aliphatic carbocycles. The van der Waals surface area contributed by atoms with Gasteiger partial charge < -0.3 is 9.84 Å². The normalized spacial score (nSPS) is 27.2. The van der Waals surface area contributed by atoms with Crippen molar-refractivity contribution in [2.45, 2.75) is 12.2 Å². The zero-order valence-corrected chi connectivity index (χ0v) is 7.99. The predicted molar refractivity (Wildman–Crippen MR) is 48.8 cm³/mol. The minimum Gasteiger partial charge on any atom is -0.394 e. The first-order valence-corrected chi connectivity index (χ1v) is 4.62. The summed E-state index contributed by atoms with van der Waals surface area (Å²) in [5.41, 5.74) is 1.14. The highest BCUT2D eigenvalue weighted by Gasteiger charge is 2.39. The Morgan fingerprint density at radius 1 is 1.33 bits per heavy atom. The molecule has 1 saturated heterocycles. The number of hydrogen-bond acceptors (Lipinski definition) is 2. The molecule has 1 aromatic rings. The third-order valence-electron chi connectivity index (χ3n) is 1.96. The number of aliphatic hydroxyl groups excluding tert-OH is 1. The molecule has 2 rings (SSSR count). The molecule has 2 nitrogen and oxygen atoms in total. The maximum absolute atomic E-state index is 8.76. The molecule has 0 saturated carbocycles. The molecule has 1 fully saturated rings. The Hall–Kier alpha value is -0.380. The quantitative estimate of drug-likeness (QED) is 0.785. The fraction of sp³-hybridized carbons (Fsp3) is 0.333. The fourth-order valence-corrected chi connectivity index (χ4v) is 1.49. The summed E-state index contributed by atoms with van der Waals surface area (Å²) in [4.78, 5) is 0. The van der Waals surface area contributed by atoms with Gasteiger partial charge in [0.1, 0.15) is 12.2 Å². The molecule has 0 spiro atoms. The summed E-state index contributed by atoms with van der Waals surface area (Å²) < 4.78 is 6.29. The Labute approximate surface area is 79.3 Å². The van der Waals surface area contributed by atoms with E-state index in [-0.39, 0.29) is 18.8 Å². The maximum atomic E-state index is 8.76. The van der Waals surface area contributed by atoms with Crippen molar-refractivity contribution in [1.29, 1.82) is 0 Å². The highest BCUT2D eigenvalue weighted by atomic mass is 79.9. The van der Waals surface area contributed by atoms with Crippen LogP contribution < -0.4 is 0 Å². The number of benzene rings is 1. The summed E-state index contributed by atoms with van der Waals surface area (Å²) in [7, 11) is 0. The molecule has 1 aliphatic heterocycles. The van der Waals surface area contributed by atoms with Crippen LogP contribution in [-0.4, -0.2) is 17.8 Å². The first-order valence-electron chi connectivity index (χ1n) is 3.83. The van der Waals surface area contributed by atoms with Gasteiger partial charge in [-0.25, -0.2) is 0 Å². The molecule has 1 N–H and O–H groups in total. The molecule has 2 atom stereocenters. The lowest BCUT2D eigenvalue weighted by atomic mass is 10.1. The highest BCUT2D eigenvalue weighted by molar-refractivity contribution is 9.10. The van der Waals surface area contributed by atoms with E-state index in [2.05, 4.69) is 15.9 Å². The van der Waals surface area contributed by atoms with Gasteiger partial charge >= 0.3 is 0 Å². The summed E-state index contributed by atoms with van der Waals surface area (Å²) >= 11 is 3.36. The van der Waals surface area contributed by atoms with Crippen molar-refractivity contribution >= 4 is 15.9 Å². The molecule has 1 aliphatic rings. The monoisotopic (exact) mass is 228 g/mol. The average molecular weight is 229 g/mol. The Balaban J connectivity index is 2.10. The number of ether oxygens (including phenoxy) is 1. The van der Waals surface area contributed by atoms with Gasteiger partial charge in [0.15, 0.2) is 0 Å². The molecular weight excluding hydrogens is 220 g/mol. The van der Waals surface area contributed by atoms with Crippen LogP contribution in [0.15, 0.2) is 28.7 Å². The molecular formula is C9H9BrO2. The number of hydrogen-bond donors (Lipinski definition) is 1. The lowest BCUT2D eigenvalue weighted by molar-refractivity contribution is 0.242. The van der Waals surface area contributed by atoms with Crippen LogP contribution in [0.1, 0.15) is 11.7 Å².